The number of aliphatic hydroxyl groups is 1. The fraction of sp³-hybridized carbons (Fsp3) is 0.667. The number of hydrogen-bond acceptors (Lipinski definition) is 4. The molecule has 1 saturated heterocycles. The van der Waals surface area contributed by atoms with Crippen LogP contribution in [0.2, 0.25) is 0 Å². The van der Waals surface area contributed by atoms with Gasteiger partial charge in [0.05, 0.1) is 13.2 Å². The van der Waals surface area contributed by atoms with Crippen molar-refractivity contribution in [3.8, 4) is 0 Å². The molecule has 1 saturated carbocycles. The number of Topliss-reactive ketones (excluding diaryl/α,β-unsaturated/α-hetero) is 1. The molecule has 2 fully saturated rings. The van der Waals surface area contributed by atoms with Crippen LogP contribution in [0.3, 0.4) is 0 Å². The average molecular weight is 266 g/mol. The van der Waals surface area contributed by atoms with E-state index in [0.717, 1.165) is 0 Å². The van der Waals surface area contributed by atoms with E-state index >= 15 is 0 Å². The van der Waals surface area contributed by atoms with Gasteiger partial charge < -0.3 is 14.6 Å². The Balaban J connectivity index is 1.96. The van der Waals surface area contributed by atoms with Gasteiger partial charge in [-0.05, 0) is 12.8 Å². The molecule has 1 heterocycles. The highest BCUT2D eigenvalue weighted by atomic mass is 16.7. The van der Waals surface area contributed by atoms with Crippen LogP contribution in [0.1, 0.15) is 32.1 Å². The van der Waals surface area contributed by atoms with Crippen molar-refractivity contribution in [1.82, 2.24) is 0 Å². The van der Waals surface area contributed by atoms with E-state index in [2.05, 4.69) is 13.2 Å². The van der Waals surface area contributed by atoms with Crippen LogP contribution in [0, 0.1) is 5.92 Å². The average Bonchev–Trinajstić information content (AvgIpc) is 2.88. The summed E-state index contributed by atoms with van der Waals surface area (Å²) in [5, 5.41) is 10.1. The Kier molecular flexibility index (Phi) is 4.23. The predicted molar refractivity (Wildman–Crippen MR) is 71.6 cm³/mol. The number of hydrogen-bond donors (Lipinski definition) is 1. The smallest absolute Gasteiger partial charge is 0.169 e. The number of carbonyl (C=O) groups excluding carboxylic acids is 1. The highest BCUT2D eigenvalue weighted by molar-refractivity contribution is 5.82. The lowest BCUT2D eigenvalue weighted by molar-refractivity contribution is -0.190. The Hall–Kier alpha value is -0.970. The van der Waals surface area contributed by atoms with Gasteiger partial charge in [-0.15, -0.1) is 0 Å². The molecule has 1 aliphatic carbocycles. The number of rotatable bonds is 5. The van der Waals surface area contributed by atoms with Crippen LogP contribution in [0.5, 0.6) is 0 Å². The molecule has 4 heteroatoms. The van der Waals surface area contributed by atoms with Crippen molar-refractivity contribution in [2.45, 2.75) is 43.5 Å². The summed E-state index contributed by atoms with van der Waals surface area (Å²) in [4.78, 5) is 12.0. The third-order valence-corrected chi connectivity index (χ3v) is 4.18. The van der Waals surface area contributed by atoms with Crippen LogP contribution >= 0.6 is 0 Å². The number of carbonyl (C=O) groups is 1. The monoisotopic (exact) mass is 266 g/mol. The van der Waals surface area contributed by atoms with Crippen LogP contribution in [-0.2, 0) is 14.3 Å². The normalized spacial score (nSPS) is 26.6. The minimum atomic E-state index is -1.09. The fourth-order valence-corrected chi connectivity index (χ4v) is 2.82. The molecule has 1 N–H and O–H groups in total. The third kappa shape index (κ3) is 3.14. The van der Waals surface area contributed by atoms with E-state index in [-0.39, 0.29) is 11.7 Å². The summed E-state index contributed by atoms with van der Waals surface area (Å²) in [5.74, 6) is -0.433. The van der Waals surface area contributed by atoms with E-state index in [9.17, 15) is 9.90 Å². The van der Waals surface area contributed by atoms with Gasteiger partial charge in [-0.3, -0.25) is 4.79 Å². The zero-order valence-corrected chi connectivity index (χ0v) is 11.3. The summed E-state index contributed by atoms with van der Waals surface area (Å²) in [6.07, 6.45) is 5.71. The highest BCUT2D eigenvalue weighted by Crippen LogP contribution is 2.39. The van der Waals surface area contributed by atoms with E-state index in [1.807, 2.05) is 0 Å². The summed E-state index contributed by atoms with van der Waals surface area (Å²) in [6, 6.07) is 0. The lowest BCUT2D eigenvalue weighted by Crippen LogP contribution is -2.41. The van der Waals surface area contributed by atoms with Crippen LogP contribution in [0.15, 0.2) is 25.3 Å². The minimum absolute atomic E-state index is 0.113. The van der Waals surface area contributed by atoms with E-state index in [1.54, 1.807) is 0 Å². The number of ether oxygens (including phenoxy) is 2. The summed E-state index contributed by atoms with van der Waals surface area (Å²) in [7, 11) is 0. The van der Waals surface area contributed by atoms with Gasteiger partial charge in [0.2, 0.25) is 0 Å². The first-order chi connectivity index (χ1) is 9.02. The van der Waals surface area contributed by atoms with Crippen LogP contribution in [0.4, 0.5) is 0 Å². The molecule has 0 bridgehead atoms. The van der Waals surface area contributed by atoms with Crippen molar-refractivity contribution < 1.29 is 19.4 Å². The second-order valence-electron chi connectivity index (χ2n) is 5.41. The molecule has 0 aromatic rings. The molecule has 4 nitrogen and oxygen atoms in total. The largest absolute Gasteiger partial charge is 0.382 e. The zero-order chi connectivity index (χ0) is 13.9. The van der Waals surface area contributed by atoms with Crippen LogP contribution < -0.4 is 0 Å². The van der Waals surface area contributed by atoms with Crippen molar-refractivity contribution >= 4 is 5.78 Å². The molecule has 106 valence electrons. The van der Waals surface area contributed by atoms with Gasteiger partial charge in [-0.1, -0.05) is 25.3 Å². The quantitative estimate of drug-likeness (QED) is 0.773. The Morgan fingerprint density at radius 2 is 2.00 bits per heavy atom. The topological polar surface area (TPSA) is 55.8 Å². The molecule has 1 spiro atoms. The summed E-state index contributed by atoms with van der Waals surface area (Å²) < 4.78 is 11.3. The first-order valence-electron chi connectivity index (χ1n) is 6.83. The molecule has 1 aliphatic heterocycles. The maximum atomic E-state index is 12.0. The zero-order valence-electron chi connectivity index (χ0n) is 11.3. The molecular weight excluding hydrogens is 244 g/mol. The summed E-state index contributed by atoms with van der Waals surface area (Å²) in [6.45, 7) is 8.41. The van der Waals surface area contributed by atoms with Crippen molar-refractivity contribution in [2.75, 3.05) is 13.2 Å². The second kappa shape index (κ2) is 5.57. The van der Waals surface area contributed by atoms with Gasteiger partial charge in [0.15, 0.2) is 5.79 Å². The summed E-state index contributed by atoms with van der Waals surface area (Å²) in [5.41, 5.74) is -1.09. The van der Waals surface area contributed by atoms with Gasteiger partial charge >= 0.3 is 0 Å². The molecule has 1 atom stereocenters. The third-order valence-electron chi connectivity index (χ3n) is 4.18. The predicted octanol–water partition coefficient (Wildman–Crippen LogP) is 1.98. The second-order valence-corrected chi connectivity index (χ2v) is 5.41. The molecular formula is C15H22O4. The molecule has 0 aromatic carbocycles. The Morgan fingerprint density at radius 1 is 1.37 bits per heavy atom. The Labute approximate surface area is 114 Å². The molecule has 0 unspecified atom stereocenters. The molecule has 0 radical (unpaired) electrons. The van der Waals surface area contributed by atoms with Gasteiger partial charge in [0.25, 0.3) is 0 Å². The van der Waals surface area contributed by atoms with Crippen molar-refractivity contribution in [2.24, 2.45) is 5.92 Å². The molecule has 2 rings (SSSR count). The summed E-state index contributed by atoms with van der Waals surface area (Å²) >= 11 is 0. The van der Waals surface area contributed by atoms with Gasteiger partial charge in [0, 0.05) is 25.2 Å². The van der Waals surface area contributed by atoms with E-state index in [0.29, 0.717) is 45.3 Å². The van der Waals surface area contributed by atoms with Gasteiger partial charge in [0.1, 0.15) is 11.4 Å². The molecule has 0 aromatic heterocycles. The van der Waals surface area contributed by atoms with E-state index in [1.165, 1.54) is 12.2 Å². The lowest BCUT2D eigenvalue weighted by atomic mass is 9.79. The van der Waals surface area contributed by atoms with Crippen LogP contribution in [0.25, 0.3) is 0 Å². The lowest BCUT2D eigenvalue weighted by Gasteiger charge is -2.36. The Morgan fingerprint density at radius 3 is 2.58 bits per heavy atom. The molecule has 2 aliphatic rings. The SMILES string of the molecule is C=CC(O)(C=C)CC[C@@H]1CC2(CCC1=O)OCCO2. The number of ketones is 1. The van der Waals surface area contributed by atoms with Crippen molar-refractivity contribution in [1.29, 1.82) is 0 Å². The molecule has 19 heavy (non-hydrogen) atoms. The Bertz CT molecular complexity index is 360. The van der Waals surface area contributed by atoms with Crippen molar-refractivity contribution in [3.05, 3.63) is 25.3 Å². The van der Waals surface area contributed by atoms with Crippen molar-refractivity contribution in [3.63, 3.8) is 0 Å². The molecule has 0 amide bonds. The van der Waals surface area contributed by atoms with Gasteiger partial charge in [-0.2, -0.15) is 0 Å². The van der Waals surface area contributed by atoms with E-state index < -0.39 is 11.4 Å². The standard InChI is InChI=1S/C15H22O4/c1-3-14(17,4-2)7-5-12-11-15(8-6-13(12)16)18-9-10-19-15/h3-4,12,17H,1-2,5-11H2/t12-/m1/s1. The van der Waals surface area contributed by atoms with E-state index in [4.69, 9.17) is 9.47 Å². The van der Waals surface area contributed by atoms with Gasteiger partial charge in [-0.25, -0.2) is 0 Å². The fourth-order valence-electron chi connectivity index (χ4n) is 2.82. The minimum Gasteiger partial charge on any atom is -0.382 e. The maximum absolute atomic E-state index is 12.0. The first kappa shape index (κ1) is 14.4. The van der Waals surface area contributed by atoms with Crippen LogP contribution in [-0.4, -0.2) is 35.5 Å². The maximum Gasteiger partial charge on any atom is 0.169 e. The highest BCUT2D eigenvalue weighted by Gasteiger charge is 2.44. The first-order valence-corrected chi connectivity index (χ1v) is 6.83.